The SMILES string of the molecule is COC1CCCN(c2ccc(NC(=O)C(C)C)cc2)C1. The first-order valence-corrected chi connectivity index (χ1v) is 7.29. The van der Waals surface area contributed by atoms with Crippen molar-refractivity contribution in [2.45, 2.75) is 32.8 Å². The zero-order valence-corrected chi connectivity index (χ0v) is 12.6. The number of rotatable bonds is 4. The summed E-state index contributed by atoms with van der Waals surface area (Å²) in [5.41, 5.74) is 2.04. The van der Waals surface area contributed by atoms with Crippen molar-refractivity contribution >= 4 is 17.3 Å². The molecule has 0 aromatic heterocycles. The number of carbonyl (C=O) groups excluding carboxylic acids is 1. The van der Waals surface area contributed by atoms with Gasteiger partial charge < -0.3 is 15.0 Å². The molecule has 1 amide bonds. The Morgan fingerprint density at radius 2 is 2.05 bits per heavy atom. The van der Waals surface area contributed by atoms with E-state index in [0.29, 0.717) is 6.10 Å². The highest BCUT2D eigenvalue weighted by atomic mass is 16.5. The van der Waals surface area contributed by atoms with Crippen LogP contribution in [-0.4, -0.2) is 32.2 Å². The van der Waals surface area contributed by atoms with Crippen LogP contribution in [0.15, 0.2) is 24.3 Å². The van der Waals surface area contributed by atoms with E-state index < -0.39 is 0 Å². The third-order valence-corrected chi connectivity index (χ3v) is 3.74. The maximum absolute atomic E-state index is 11.6. The minimum Gasteiger partial charge on any atom is -0.380 e. The molecule has 0 aliphatic carbocycles. The van der Waals surface area contributed by atoms with Crippen molar-refractivity contribution < 1.29 is 9.53 Å². The Balaban J connectivity index is 1.99. The molecule has 1 unspecified atom stereocenters. The fourth-order valence-corrected chi connectivity index (χ4v) is 2.41. The number of ether oxygens (including phenoxy) is 1. The monoisotopic (exact) mass is 276 g/mol. The predicted octanol–water partition coefficient (Wildman–Crippen LogP) is 2.90. The van der Waals surface area contributed by atoms with Crippen LogP contribution in [0.25, 0.3) is 0 Å². The minimum atomic E-state index is -0.000711. The number of hydrogen-bond acceptors (Lipinski definition) is 3. The Hall–Kier alpha value is -1.55. The topological polar surface area (TPSA) is 41.6 Å². The number of hydrogen-bond donors (Lipinski definition) is 1. The van der Waals surface area contributed by atoms with Crippen LogP contribution in [0, 0.1) is 5.92 Å². The Bertz CT molecular complexity index is 442. The molecule has 1 fully saturated rings. The molecule has 1 aromatic carbocycles. The van der Waals surface area contributed by atoms with Gasteiger partial charge in [-0.05, 0) is 37.1 Å². The fourth-order valence-electron chi connectivity index (χ4n) is 2.41. The van der Waals surface area contributed by atoms with E-state index in [9.17, 15) is 4.79 Å². The smallest absolute Gasteiger partial charge is 0.226 e. The third kappa shape index (κ3) is 3.73. The second kappa shape index (κ2) is 6.75. The highest BCUT2D eigenvalue weighted by Gasteiger charge is 2.19. The Morgan fingerprint density at radius 3 is 2.65 bits per heavy atom. The Labute approximate surface area is 121 Å². The van der Waals surface area contributed by atoms with Crippen LogP contribution in [0.5, 0.6) is 0 Å². The van der Waals surface area contributed by atoms with Crippen molar-refractivity contribution in [3.63, 3.8) is 0 Å². The number of methoxy groups -OCH3 is 1. The second-order valence-electron chi connectivity index (χ2n) is 5.64. The predicted molar refractivity (Wildman–Crippen MR) is 82.2 cm³/mol. The molecule has 20 heavy (non-hydrogen) atoms. The first-order chi connectivity index (χ1) is 9.60. The minimum absolute atomic E-state index is 0.000711. The zero-order chi connectivity index (χ0) is 14.5. The molecule has 2 rings (SSSR count). The summed E-state index contributed by atoms with van der Waals surface area (Å²) in [4.78, 5) is 14.0. The molecule has 4 heteroatoms. The van der Waals surface area contributed by atoms with Crippen LogP contribution in [0.3, 0.4) is 0 Å². The normalized spacial score (nSPS) is 19.2. The maximum Gasteiger partial charge on any atom is 0.226 e. The van der Waals surface area contributed by atoms with Gasteiger partial charge in [-0.2, -0.15) is 0 Å². The Morgan fingerprint density at radius 1 is 1.35 bits per heavy atom. The lowest BCUT2D eigenvalue weighted by atomic mass is 10.1. The lowest BCUT2D eigenvalue weighted by Gasteiger charge is -2.33. The summed E-state index contributed by atoms with van der Waals surface area (Å²) >= 11 is 0. The molecule has 1 aliphatic rings. The average molecular weight is 276 g/mol. The summed E-state index contributed by atoms with van der Waals surface area (Å²) in [5, 5.41) is 2.91. The van der Waals surface area contributed by atoms with Crippen molar-refractivity contribution in [2.75, 3.05) is 30.4 Å². The summed E-state index contributed by atoms with van der Waals surface area (Å²) in [7, 11) is 1.78. The van der Waals surface area contributed by atoms with E-state index in [4.69, 9.17) is 4.74 Å². The van der Waals surface area contributed by atoms with Crippen LogP contribution in [0.2, 0.25) is 0 Å². The molecule has 0 bridgehead atoms. The molecule has 1 heterocycles. The van der Waals surface area contributed by atoms with Gasteiger partial charge in [0.05, 0.1) is 6.10 Å². The van der Waals surface area contributed by atoms with E-state index in [1.54, 1.807) is 7.11 Å². The van der Waals surface area contributed by atoms with Crippen LogP contribution < -0.4 is 10.2 Å². The average Bonchev–Trinajstić information content (AvgIpc) is 2.48. The summed E-state index contributed by atoms with van der Waals surface area (Å²) in [6.07, 6.45) is 2.61. The number of benzene rings is 1. The van der Waals surface area contributed by atoms with E-state index in [2.05, 4.69) is 22.3 Å². The number of carbonyl (C=O) groups is 1. The third-order valence-electron chi connectivity index (χ3n) is 3.74. The number of piperidine rings is 1. The van der Waals surface area contributed by atoms with Gasteiger partial charge in [0.15, 0.2) is 0 Å². The van der Waals surface area contributed by atoms with Gasteiger partial charge in [-0.1, -0.05) is 13.8 Å². The molecular weight excluding hydrogens is 252 g/mol. The van der Waals surface area contributed by atoms with Crippen LogP contribution >= 0.6 is 0 Å². The van der Waals surface area contributed by atoms with Gasteiger partial charge in [0, 0.05) is 37.5 Å². The van der Waals surface area contributed by atoms with Crippen LogP contribution in [0.1, 0.15) is 26.7 Å². The van der Waals surface area contributed by atoms with E-state index in [1.807, 2.05) is 26.0 Å². The van der Waals surface area contributed by atoms with Crippen molar-refractivity contribution in [2.24, 2.45) is 5.92 Å². The molecule has 0 spiro atoms. The van der Waals surface area contributed by atoms with Gasteiger partial charge in [-0.25, -0.2) is 0 Å². The molecule has 1 saturated heterocycles. The van der Waals surface area contributed by atoms with Crippen molar-refractivity contribution in [3.8, 4) is 0 Å². The summed E-state index contributed by atoms with van der Waals surface area (Å²) in [5.74, 6) is 0.0504. The van der Waals surface area contributed by atoms with Gasteiger partial charge in [0.2, 0.25) is 5.91 Å². The quantitative estimate of drug-likeness (QED) is 0.919. The molecule has 1 aliphatic heterocycles. The largest absolute Gasteiger partial charge is 0.380 e. The lowest BCUT2D eigenvalue weighted by Crippen LogP contribution is -2.39. The van der Waals surface area contributed by atoms with Crippen molar-refractivity contribution in [3.05, 3.63) is 24.3 Å². The lowest BCUT2D eigenvalue weighted by molar-refractivity contribution is -0.118. The summed E-state index contributed by atoms with van der Waals surface area (Å²) in [6, 6.07) is 8.06. The first kappa shape index (κ1) is 14.9. The van der Waals surface area contributed by atoms with Crippen LogP contribution in [-0.2, 0) is 9.53 Å². The molecular formula is C16H24N2O2. The molecule has 1 atom stereocenters. The van der Waals surface area contributed by atoms with Gasteiger partial charge in [0.1, 0.15) is 0 Å². The van der Waals surface area contributed by atoms with Gasteiger partial charge in [-0.3, -0.25) is 4.79 Å². The summed E-state index contributed by atoms with van der Waals surface area (Å²) in [6.45, 7) is 5.79. The number of amides is 1. The molecule has 1 N–H and O–H groups in total. The highest BCUT2D eigenvalue weighted by Crippen LogP contribution is 2.23. The van der Waals surface area contributed by atoms with Crippen LogP contribution in [0.4, 0.5) is 11.4 Å². The molecule has 1 aromatic rings. The van der Waals surface area contributed by atoms with Gasteiger partial charge >= 0.3 is 0 Å². The van der Waals surface area contributed by atoms with E-state index in [1.165, 1.54) is 5.69 Å². The number of nitrogens with one attached hydrogen (secondary N) is 1. The van der Waals surface area contributed by atoms with Crippen molar-refractivity contribution in [1.82, 2.24) is 0 Å². The summed E-state index contributed by atoms with van der Waals surface area (Å²) < 4.78 is 5.45. The van der Waals surface area contributed by atoms with Gasteiger partial charge in [-0.15, -0.1) is 0 Å². The highest BCUT2D eigenvalue weighted by molar-refractivity contribution is 5.92. The zero-order valence-electron chi connectivity index (χ0n) is 12.6. The van der Waals surface area contributed by atoms with E-state index in [0.717, 1.165) is 31.6 Å². The molecule has 110 valence electrons. The number of anilines is 2. The molecule has 0 saturated carbocycles. The van der Waals surface area contributed by atoms with Gasteiger partial charge in [0.25, 0.3) is 0 Å². The molecule has 4 nitrogen and oxygen atoms in total. The molecule has 0 radical (unpaired) electrons. The van der Waals surface area contributed by atoms with E-state index in [-0.39, 0.29) is 11.8 Å². The van der Waals surface area contributed by atoms with Crippen molar-refractivity contribution in [1.29, 1.82) is 0 Å². The fraction of sp³-hybridized carbons (Fsp3) is 0.562. The number of nitrogens with zero attached hydrogens (tertiary/aromatic N) is 1. The standard InChI is InChI=1S/C16H24N2O2/c1-12(2)16(19)17-13-6-8-14(9-7-13)18-10-4-5-15(11-18)20-3/h6-9,12,15H,4-5,10-11H2,1-3H3,(H,17,19). The first-order valence-electron chi connectivity index (χ1n) is 7.29. The maximum atomic E-state index is 11.6. The van der Waals surface area contributed by atoms with E-state index >= 15 is 0 Å². The second-order valence-corrected chi connectivity index (χ2v) is 5.64. The Kier molecular flexibility index (Phi) is 5.01.